The molecule has 2 aromatic carbocycles. The summed E-state index contributed by atoms with van der Waals surface area (Å²) in [5, 5.41) is 9.78. The molecule has 0 spiro atoms. The highest BCUT2D eigenvalue weighted by Gasteiger charge is 2.19. The Morgan fingerprint density at radius 2 is 2.00 bits per heavy atom. The number of aryl methyl sites for hydroxylation is 1. The average molecular weight is 396 g/mol. The number of aromatic nitrogens is 2. The van der Waals surface area contributed by atoms with E-state index in [1.807, 2.05) is 25.1 Å². The van der Waals surface area contributed by atoms with Gasteiger partial charge in [0, 0.05) is 24.4 Å². The summed E-state index contributed by atoms with van der Waals surface area (Å²) in [5.74, 6) is -1.87. The van der Waals surface area contributed by atoms with E-state index in [-0.39, 0.29) is 23.3 Å². The maximum atomic E-state index is 13.9. The lowest BCUT2D eigenvalue weighted by atomic mass is 9.98. The molecule has 0 saturated heterocycles. The predicted molar refractivity (Wildman–Crippen MR) is 103 cm³/mol. The van der Waals surface area contributed by atoms with Gasteiger partial charge in [-0.1, -0.05) is 12.1 Å². The second kappa shape index (κ2) is 7.46. The van der Waals surface area contributed by atoms with E-state index in [0.29, 0.717) is 12.8 Å². The molecule has 1 aromatic heterocycles. The largest absolute Gasteiger partial charge is 0.344 e. The molecule has 0 saturated carbocycles. The zero-order chi connectivity index (χ0) is 20.5. The quantitative estimate of drug-likeness (QED) is 0.709. The molecule has 2 heterocycles. The number of fused-ring (bicyclic) bond motifs is 1. The molecule has 0 aliphatic carbocycles. The average Bonchev–Trinajstić information content (AvgIpc) is 3.17. The van der Waals surface area contributed by atoms with Gasteiger partial charge in [0.05, 0.1) is 6.04 Å². The van der Waals surface area contributed by atoms with Gasteiger partial charge in [-0.2, -0.15) is 5.10 Å². The van der Waals surface area contributed by atoms with Crippen molar-refractivity contribution in [2.24, 2.45) is 0 Å². The lowest BCUT2D eigenvalue weighted by Gasteiger charge is -2.20. The van der Waals surface area contributed by atoms with Crippen molar-refractivity contribution in [3.63, 3.8) is 0 Å². The van der Waals surface area contributed by atoms with Crippen molar-refractivity contribution < 1.29 is 18.4 Å². The highest BCUT2D eigenvalue weighted by atomic mass is 19.1. The normalized spacial score (nSPS) is 14.1. The van der Waals surface area contributed by atoms with Gasteiger partial charge in [-0.25, -0.2) is 13.5 Å². The lowest BCUT2D eigenvalue weighted by Crippen LogP contribution is -2.27. The number of carbonyl (C=O) groups excluding carboxylic acids is 2. The maximum Gasteiger partial charge on any atom is 0.272 e. The van der Waals surface area contributed by atoms with E-state index in [4.69, 9.17) is 0 Å². The Labute approximate surface area is 165 Å². The summed E-state index contributed by atoms with van der Waals surface area (Å²) in [4.78, 5) is 24.0. The molecule has 0 unspecified atom stereocenters. The Morgan fingerprint density at radius 1 is 1.17 bits per heavy atom. The summed E-state index contributed by atoms with van der Waals surface area (Å²) in [6, 6.07) is 9.96. The molecular formula is C21H18F2N4O2. The summed E-state index contributed by atoms with van der Waals surface area (Å²) in [7, 11) is 0. The standard InChI is InChI=1S/C21H18F2N4O2/c1-12(13-2-5-17-14(10-13)3-7-20(28)25-17)24-21(29)18-8-9-27(26-18)19-6-4-15(22)11-16(19)23/h2,4-6,8-12H,3,7H2,1H3,(H,24,29)(H,25,28)/t12-/m0/s1. The van der Waals surface area contributed by atoms with Crippen molar-refractivity contribution in [2.45, 2.75) is 25.8 Å². The van der Waals surface area contributed by atoms with Gasteiger partial charge >= 0.3 is 0 Å². The van der Waals surface area contributed by atoms with E-state index >= 15 is 0 Å². The fraction of sp³-hybridized carbons (Fsp3) is 0.190. The molecule has 0 radical (unpaired) electrons. The van der Waals surface area contributed by atoms with Gasteiger partial charge in [0.1, 0.15) is 11.5 Å². The van der Waals surface area contributed by atoms with Crippen molar-refractivity contribution in [1.29, 1.82) is 0 Å². The third kappa shape index (κ3) is 3.87. The number of nitrogens with zero attached hydrogens (tertiary/aromatic N) is 2. The monoisotopic (exact) mass is 396 g/mol. The minimum Gasteiger partial charge on any atom is -0.344 e. The van der Waals surface area contributed by atoms with Gasteiger partial charge in [-0.15, -0.1) is 0 Å². The van der Waals surface area contributed by atoms with E-state index in [0.717, 1.165) is 28.9 Å². The summed E-state index contributed by atoms with van der Waals surface area (Å²) in [6.45, 7) is 1.84. The number of hydrogen-bond acceptors (Lipinski definition) is 3. The molecule has 3 aromatic rings. The minimum absolute atomic E-state index is 0.000205. The van der Waals surface area contributed by atoms with Gasteiger partial charge < -0.3 is 10.6 Å². The number of anilines is 1. The van der Waals surface area contributed by atoms with Crippen LogP contribution < -0.4 is 10.6 Å². The fourth-order valence-electron chi connectivity index (χ4n) is 3.27. The molecular weight excluding hydrogens is 378 g/mol. The van der Waals surface area contributed by atoms with Crippen LogP contribution in [-0.2, 0) is 11.2 Å². The molecule has 1 atom stereocenters. The number of carbonyl (C=O) groups is 2. The minimum atomic E-state index is -0.769. The number of benzene rings is 2. The molecule has 2 N–H and O–H groups in total. The van der Waals surface area contributed by atoms with Crippen LogP contribution >= 0.6 is 0 Å². The van der Waals surface area contributed by atoms with Crippen molar-refractivity contribution in [3.8, 4) is 5.69 Å². The lowest BCUT2D eigenvalue weighted by molar-refractivity contribution is -0.116. The van der Waals surface area contributed by atoms with Crippen LogP contribution in [0.15, 0.2) is 48.7 Å². The molecule has 2 amide bonds. The molecule has 0 fully saturated rings. The number of amides is 2. The summed E-state index contributed by atoms with van der Waals surface area (Å²) >= 11 is 0. The predicted octanol–water partition coefficient (Wildman–Crippen LogP) is 3.53. The number of hydrogen-bond donors (Lipinski definition) is 2. The molecule has 6 nitrogen and oxygen atoms in total. The second-order valence-electron chi connectivity index (χ2n) is 6.90. The van der Waals surface area contributed by atoms with Gasteiger partial charge in [-0.3, -0.25) is 9.59 Å². The molecule has 1 aliphatic heterocycles. The van der Waals surface area contributed by atoms with E-state index in [2.05, 4.69) is 15.7 Å². The Balaban J connectivity index is 1.48. The first-order valence-electron chi connectivity index (χ1n) is 9.15. The third-order valence-electron chi connectivity index (χ3n) is 4.85. The molecule has 1 aliphatic rings. The van der Waals surface area contributed by atoms with Crippen molar-refractivity contribution in [1.82, 2.24) is 15.1 Å². The Morgan fingerprint density at radius 3 is 2.79 bits per heavy atom. The number of rotatable bonds is 4. The second-order valence-corrected chi connectivity index (χ2v) is 6.90. The van der Waals surface area contributed by atoms with E-state index in [1.165, 1.54) is 23.0 Å². The molecule has 4 rings (SSSR count). The van der Waals surface area contributed by atoms with E-state index in [9.17, 15) is 18.4 Å². The van der Waals surface area contributed by atoms with Crippen LogP contribution in [0.4, 0.5) is 14.5 Å². The van der Waals surface area contributed by atoms with Crippen LogP contribution in [0, 0.1) is 11.6 Å². The summed E-state index contributed by atoms with van der Waals surface area (Å²) in [5.41, 5.74) is 2.89. The first-order valence-corrected chi connectivity index (χ1v) is 9.15. The highest BCUT2D eigenvalue weighted by molar-refractivity contribution is 5.94. The van der Waals surface area contributed by atoms with Crippen LogP contribution in [0.5, 0.6) is 0 Å². The van der Waals surface area contributed by atoms with Gasteiger partial charge in [-0.05, 0) is 48.7 Å². The number of nitrogens with one attached hydrogen (secondary N) is 2. The number of halogens is 2. The molecule has 0 bridgehead atoms. The van der Waals surface area contributed by atoms with Crippen LogP contribution in [-0.4, -0.2) is 21.6 Å². The van der Waals surface area contributed by atoms with Gasteiger partial charge in [0.15, 0.2) is 11.5 Å². The van der Waals surface area contributed by atoms with Crippen LogP contribution in [0.1, 0.15) is 41.0 Å². The molecule has 148 valence electrons. The molecule has 8 heteroatoms. The van der Waals surface area contributed by atoms with Gasteiger partial charge in [0.2, 0.25) is 5.91 Å². The Kier molecular flexibility index (Phi) is 4.84. The Bertz CT molecular complexity index is 1110. The van der Waals surface area contributed by atoms with E-state index < -0.39 is 17.5 Å². The topological polar surface area (TPSA) is 76.0 Å². The zero-order valence-electron chi connectivity index (χ0n) is 15.6. The maximum absolute atomic E-state index is 13.9. The van der Waals surface area contributed by atoms with Crippen LogP contribution in [0.25, 0.3) is 5.69 Å². The molecule has 29 heavy (non-hydrogen) atoms. The fourth-order valence-corrected chi connectivity index (χ4v) is 3.27. The Hall–Kier alpha value is -3.55. The van der Waals surface area contributed by atoms with Crippen molar-refractivity contribution in [2.75, 3.05) is 5.32 Å². The first kappa shape index (κ1) is 18.8. The zero-order valence-corrected chi connectivity index (χ0v) is 15.6. The SMILES string of the molecule is C[C@H](NC(=O)c1ccn(-c2ccc(F)cc2F)n1)c1ccc2c(c1)CCC(=O)N2. The highest BCUT2D eigenvalue weighted by Crippen LogP contribution is 2.26. The summed E-state index contributed by atoms with van der Waals surface area (Å²) < 4.78 is 28.2. The third-order valence-corrected chi connectivity index (χ3v) is 4.85. The van der Waals surface area contributed by atoms with Crippen molar-refractivity contribution in [3.05, 3.63) is 77.1 Å². The van der Waals surface area contributed by atoms with Crippen molar-refractivity contribution >= 4 is 17.5 Å². The van der Waals surface area contributed by atoms with E-state index in [1.54, 1.807) is 0 Å². The van der Waals surface area contributed by atoms with Gasteiger partial charge in [0.25, 0.3) is 5.91 Å². The summed E-state index contributed by atoms with van der Waals surface area (Å²) in [6.07, 6.45) is 2.54. The first-order chi connectivity index (χ1) is 13.9. The van der Waals surface area contributed by atoms with Crippen LogP contribution in [0.3, 0.4) is 0 Å². The van der Waals surface area contributed by atoms with Crippen LogP contribution in [0.2, 0.25) is 0 Å². The smallest absolute Gasteiger partial charge is 0.272 e.